The van der Waals surface area contributed by atoms with E-state index in [9.17, 15) is 9.90 Å². The van der Waals surface area contributed by atoms with E-state index in [0.29, 0.717) is 13.0 Å². The molecule has 2 aliphatic heterocycles. The van der Waals surface area contributed by atoms with Crippen LogP contribution in [0.1, 0.15) is 19.3 Å². The molecule has 1 unspecified atom stereocenters. The van der Waals surface area contributed by atoms with Crippen LogP contribution >= 0.6 is 0 Å². The summed E-state index contributed by atoms with van der Waals surface area (Å²) in [6.45, 7) is 1.47. The molecule has 2 heterocycles. The summed E-state index contributed by atoms with van der Waals surface area (Å²) < 4.78 is 0. The lowest BCUT2D eigenvalue weighted by atomic mass is 10.1. The first-order chi connectivity index (χ1) is 7.64. The van der Waals surface area contributed by atoms with E-state index in [0.717, 1.165) is 19.4 Å². The number of nitrogens with two attached hydrogens (primary N) is 1. The van der Waals surface area contributed by atoms with Crippen molar-refractivity contribution in [2.24, 2.45) is 10.7 Å². The Labute approximate surface area is 94.5 Å². The molecule has 6 nitrogen and oxygen atoms in total. The zero-order chi connectivity index (χ0) is 11.6. The number of rotatable bonds is 3. The quantitative estimate of drug-likeness (QED) is 0.554. The fraction of sp³-hybridized carbons (Fsp3) is 0.800. The van der Waals surface area contributed by atoms with Crippen molar-refractivity contribution in [3.05, 3.63) is 0 Å². The van der Waals surface area contributed by atoms with Gasteiger partial charge in [-0.25, -0.2) is 4.99 Å². The standard InChI is InChI=1S/C10H18N4O2/c11-4-3-10(16)6-14(7-13-10)9(15)8-2-1-5-12-8/h7-8,12,16H,1-6,11H2/t8-,10?/m0/s1. The second kappa shape index (κ2) is 4.48. The fourth-order valence-corrected chi connectivity index (χ4v) is 2.14. The normalized spacial score (nSPS) is 33.6. The molecule has 4 N–H and O–H groups in total. The molecule has 0 spiro atoms. The third-order valence-electron chi connectivity index (χ3n) is 3.05. The van der Waals surface area contributed by atoms with Crippen molar-refractivity contribution >= 4 is 12.2 Å². The molecule has 0 bridgehead atoms. The Morgan fingerprint density at radius 2 is 2.56 bits per heavy atom. The molecule has 16 heavy (non-hydrogen) atoms. The van der Waals surface area contributed by atoms with Crippen molar-refractivity contribution in [2.45, 2.75) is 31.0 Å². The van der Waals surface area contributed by atoms with Crippen LogP contribution in [0, 0.1) is 0 Å². The minimum absolute atomic E-state index is 0.00537. The summed E-state index contributed by atoms with van der Waals surface area (Å²) in [5, 5.41) is 13.1. The minimum Gasteiger partial charge on any atom is -0.368 e. The lowest BCUT2D eigenvalue weighted by molar-refractivity contribution is -0.130. The predicted molar refractivity (Wildman–Crippen MR) is 59.9 cm³/mol. The number of aliphatic hydroxyl groups is 1. The summed E-state index contributed by atoms with van der Waals surface area (Å²) in [5.74, 6) is -0.00537. The summed E-state index contributed by atoms with van der Waals surface area (Å²) >= 11 is 0. The van der Waals surface area contributed by atoms with Crippen LogP contribution < -0.4 is 11.1 Å². The van der Waals surface area contributed by atoms with E-state index in [1.165, 1.54) is 11.2 Å². The van der Waals surface area contributed by atoms with Gasteiger partial charge < -0.3 is 16.2 Å². The molecule has 0 aliphatic carbocycles. The van der Waals surface area contributed by atoms with Crippen molar-refractivity contribution in [1.82, 2.24) is 10.2 Å². The number of β-amino-alcohol motifs (C(OH)–C–C–N with tert-alkyl or cyclic N) is 1. The van der Waals surface area contributed by atoms with Gasteiger partial charge in [-0.3, -0.25) is 9.69 Å². The average molecular weight is 226 g/mol. The SMILES string of the molecule is NCCC1(O)CN(C(=O)[C@@H]2CCCN2)C=N1. The van der Waals surface area contributed by atoms with Crippen molar-refractivity contribution in [1.29, 1.82) is 0 Å². The van der Waals surface area contributed by atoms with Gasteiger partial charge in [0.1, 0.15) is 0 Å². The molecule has 90 valence electrons. The van der Waals surface area contributed by atoms with Gasteiger partial charge in [0, 0.05) is 6.42 Å². The van der Waals surface area contributed by atoms with Gasteiger partial charge in [-0.2, -0.15) is 0 Å². The van der Waals surface area contributed by atoms with E-state index in [-0.39, 0.29) is 18.5 Å². The minimum atomic E-state index is -1.18. The first-order valence-electron chi connectivity index (χ1n) is 5.66. The molecule has 0 aromatic carbocycles. The summed E-state index contributed by atoms with van der Waals surface area (Å²) in [4.78, 5) is 17.4. The summed E-state index contributed by atoms with van der Waals surface area (Å²) in [7, 11) is 0. The smallest absolute Gasteiger partial charge is 0.244 e. The Hall–Kier alpha value is -0.980. The number of nitrogens with one attached hydrogen (secondary N) is 1. The molecule has 2 rings (SSSR count). The zero-order valence-corrected chi connectivity index (χ0v) is 9.22. The second-order valence-electron chi connectivity index (χ2n) is 4.38. The van der Waals surface area contributed by atoms with Crippen molar-refractivity contribution in [3.8, 4) is 0 Å². The maximum atomic E-state index is 12.0. The van der Waals surface area contributed by atoms with Crippen LogP contribution in [0.25, 0.3) is 0 Å². The number of carbonyl (C=O) groups excluding carboxylic acids is 1. The molecule has 2 atom stereocenters. The summed E-state index contributed by atoms with van der Waals surface area (Å²) in [6.07, 6.45) is 3.69. The molecule has 1 amide bonds. The van der Waals surface area contributed by atoms with Gasteiger partial charge in [-0.05, 0) is 25.9 Å². The highest BCUT2D eigenvalue weighted by Gasteiger charge is 2.37. The van der Waals surface area contributed by atoms with Gasteiger partial charge in [0.2, 0.25) is 5.91 Å². The fourth-order valence-electron chi connectivity index (χ4n) is 2.14. The second-order valence-corrected chi connectivity index (χ2v) is 4.38. The van der Waals surface area contributed by atoms with E-state index in [4.69, 9.17) is 5.73 Å². The Kier molecular flexibility index (Phi) is 3.22. The highest BCUT2D eigenvalue weighted by molar-refractivity contribution is 5.92. The largest absolute Gasteiger partial charge is 0.368 e. The topological polar surface area (TPSA) is 91.0 Å². The Balaban J connectivity index is 1.93. The molecule has 1 fully saturated rings. The molecule has 1 saturated heterocycles. The van der Waals surface area contributed by atoms with E-state index in [2.05, 4.69) is 10.3 Å². The lowest BCUT2D eigenvalue weighted by Crippen LogP contribution is -2.45. The zero-order valence-electron chi connectivity index (χ0n) is 9.22. The maximum Gasteiger partial charge on any atom is 0.244 e. The van der Waals surface area contributed by atoms with Crippen molar-refractivity contribution < 1.29 is 9.90 Å². The molecular weight excluding hydrogens is 208 g/mol. The number of amides is 1. The van der Waals surface area contributed by atoms with Crippen LogP contribution in [0.2, 0.25) is 0 Å². The number of nitrogens with zero attached hydrogens (tertiary/aromatic N) is 2. The van der Waals surface area contributed by atoms with E-state index < -0.39 is 5.72 Å². The van der Waals surface area contributed by atoms with Gasteiger partial charge in [0.15, 0.2) is 5.72 Å². The highest BCUT2D eigenvalue weighted by Crippen LogP contribution is 2.20. The number of carbonyl (C=O) groups is 1. The number of hydrogen-bond donors (Lipinski definition) is 3. The molecule has 0 aromatic heterocycles. The van der Waals surface area contributed by atoms with Gasteiger partial charge in [0.05, 0.1) is 18.9 Å². The van der Waals surface area contributed by atoms with Gasteiger partial charge in [-0.1, -0.05) is 0 Å². The highest BCUT2D eigenvalue weighted by atomic mass is 16.3. The van der Waals surface area contributed by atoms with Crippen LogP contribution in [0.3, 0.4) is 0 Å². The molecule has 0 radical (unpaired) electrons. The Bertz CT molecular complexity index is 301. The molecule has 0 aromatic rings. The third-order valence-corrected chi connectivity index (χ3v) is 3.05. The van der Waals surface area contributed by atoms with Crippen LogP contribution in [-0.4, -0.2) is 53.7 Å². The first kappa shape index (κ1) is 11.5. The van der Waals surface area contributed by atoms with Gasteiger partial charge in [0.25, 0.3) is 0 Å². The van der Waals surface area contributed by atoms with Crippen molar-refractivity contribution in [3.63, 3.8) is 0 Å². The average Bonchev–Trinajstić information content (AvgIpc) is 2.86. The molecule has 6 heteroatoms. The summed E-state index contributed by atoms with van der Waals surface area (Å²) in [5.41, 5.74) is 4.21. The van der Waals surface area contributed by atoms with Gasteiger partial charge in [-0.15, -0.1) is 0 Å². The molecular formula is C10H18N4O2. The Morgan fingerprint density at radius 1 is 1.75 bits per heavy atom. The lowest BCUT2D eigenvalue weighted by Gasteiger charge is -2.22. The van der Waals surface area contributed by atoms with Crippen LogP contribution in [0.4, 0.5) is 0 Å². The molecule has 0 saturated carbocycles. The van der Waals surface area contributed by atoms with Gasteiger partial charge >= 0.3 is 0 Å². The van der Waals surface area contributed by atoms with E-state index >= 15 is 0 Å². The predicted octanol–water partition coefficient (Wildman–Crippen LogP) is -1.35. The Morgan fingerprint density at radius 3 is 3.19 bits per heavy atom. The van der Waals surface area contributed by atoms with Crippen molar-refractivity contribution in [2.75, 3.05) is 19.6 Å². The number of aliphatic imine (C=N–C) groups is 1. The third kappa shape index (κ3) is 2.23. The van der Waals surface area contributed by atoms with Crippen LogP contribution in [0.15, 0.2) is 4.99 Å². The number of hydrogen-bond acceptors (Lipinski definition) is 5. The van der Waals surface area contributed by atoms with Crippen LogP contribution in [-0.2, 0) is 4.79 Å². The maximum absolute atomic E-state index is 12.0. The monoisotopic (exact) mass is 226 g/mol. The summed E-state index contributed by atoms with van der Waals surface area (Å²) in [6, 6.07) is -0.119. The van der Waals surface area contributed by atoms with E-state index in [1.54, 1.807) is 0 Å². The molecule has 2 aliphatic rings. The van der Waals surface area contributed by atoms with E-state index in [1.807, 2.05) is 0 Å². The van der Waals surface area contributed by atoms with Crippen LogP contribution in [0.5, 0.6) is 0 Å². The first-order valence-corrected chi connectivity index (χ1v) is 5.66.